The zero-order valence-electron chi connectivity index (χ0n) is 27.0. The molecule has 3 aromatic carbocycles. The van der Waals surface area contributed by atoms with Crippen LogP contribution in [0.3, 0.4) is 0 Å². The summed E-state index contributed by atoms with van der Waals surface area (Å²) in [6.07, 6.45) is 4.91. The maximum Gasteiger partial charge on any atom is 0.198 e. The van der Waals surface area contributed by atoms with Gasteiger partial charge in [0.05, 0.1) is 11.1 Å². The first-order valence-corrected chi connectivity index (χ1v) is 15.1. The van der Waals surface area contributed by atoms with E-state index in [2.05, 4.69) is 16.3 Å². The van der Waals surface area contributed by atoms with Crippen molar-refractivity contribution in [3.63, 3.8) is 0 Å². The molecule has 0 unspecified atom stereocenters. The van der Waals surface area contributed by atoms with E-state index in [9.17, 15) is 32.7 Å². The monoisotopic (exact) mass is 813 g/mol. The van der Waals surface area contributed by atoms with Gasteiger partial charge in [-0.05, 0) is 31.1 Å². The zero-order chi connectivity index (χ0) is 33.6. The Kier molecular flexibility index (Phi) is 13.6. The fourth-order valence-corrected chi connectivity index (χ4v) is 5.30. The summed E-state index contributed by atoms with van der Waals surface area (Å²) in [6.45, 7) is 14.0. The summed E-state index contributed by atoms with van der Waals surface area (Å²) in [6, 6.07) is 13.7. The van der Waals surface area contributed by atoms with Gasteiger partial charge in [-0.1, -0.05) is 77.6 Å². The third-order valence-corrected chi connectivity index (χ3v) is 8.02. The molecule has 0 fully saturated rings. The summed E-state index contributed by atoms with van der Waals surface area (Å²) in [5.41, 5.74) is -0.101. The minimum atomic E-state index is -2.01. The van der Waals surface area contributed by atoms with Crippen LogP contribution in [0.1, 0.15) is 85.4 Å². The van der Waals surface area contributed by atoms with Gasteiger partial charge in [0.25, 0.3) is 0 Å². The number of benzene rings is 3. The predicted octanol–water partition coefficient (Wildman–Crippen LogP) is 9.84. The third kappa shape index (κ3) is 8.00. The van der Waals surface area contributed by atoms with Crippen molar-refractivity contribution >= 4 is 27.3 Å². The summed E-state index contributed by atoms with van der Waals surface area (Å²) >= 11 is 0. The van der Waals surface area contributed by atoms with Crippen molar-refractivity contribution < 1.29 is 47.6 Å². The van der Waals surface area contributed by atoms with Crippen molar-refractivity contribution in [2.24, 2.45) is 11.8 Å². The van der Waals surface area contributed by atoms with Crippen LogP contribution in [0.15, 0.2) is 42.2 Å². The molecule has 0 saturated heterocycles. The summed E-state index contributed by atoms with van der Waals surface area (Å²) < 4.78 is 57.2. The fourth-order valence-electron chi connectivity index (χ4n) is 5.30. The van der Waals surface area contributed by atoms with Crippen LogP contribution >= 0.6 is 0 Å². The largest absolute Gasteiger partial charge is 0.512 e. The van der Waals surface area contributed by atoms with Gasteiger partial charge in [-0.2, -0.15) is 10.4 Å². The fraction of sp³-hybridized carbons (Fsp3) is 0.389. The zero-order valence-corrected chi connectivity index (χ0v) is 29.4. The molecule has 247 valence electrons. The van der Waals surface area contributed by atoms with Gasteiger partial charge in [0.15, 0.2) is 34.7 Å². The molecule has 10 heteroatoms. The van der Waals surface area contributed by atoms with Crippen LogP contribution < -0.4 is 0 Å². The molecule has 0 saturated carbocycles. The van der Waals surface area contributed by atoms with Crippen molar-refractivity contribution in [1.29, 1.82) is 5.26 Å². The molecule has 4 aromatic rings. The van der Waals surface area contributed by atoms with Crippen LogP contribution in [0.4, 0.5) is 17.6 Å². The topological polar surface area (TPSA) is 86.9 Å². The van der Waals surface area contributed by atoms with Crippen LogP contribution in [0.25, 0.3) is 32.8 Å². The Bertz CT molecular complexity index is 1790. The molecular formula is C36H38F4IrN3O2-. The SMILES string of the molecule is CC(C)(C)c1cc(-c2nnc(C#N)c3c(F)c(F)c(F)c(F)c23)[c-]c2ccccc12.CCC(CC)C(=O)/C=C(\O)C(CC)CC.[Ir]. The molecule has 46 heavy (non-hydrogen) atoms. The number of fused-ring (bicyclic) bond motifs is 2. The second kappa shape index (κ2) is 16.2. The van der Waals surface area contributed by atoms with E-state index in [-0.39, 0.29) is 60.2 Å². The molecule has 0 amide bonds. The van der Waals surface area contributed by atoms with Gasteiger partial charge in [-0.15, -0.1) is 34.2 Å². The van der Waals surface area contributed by atoms with E-state index in [4.69, 9.17) is 0 Å². The van der Waals surface area contributed by atoms with E-state index in [1.54, 1.807) is 24.3 Å². The van der Waals surface area contributed by atoms with E-state index < -0.39 is 39.7 Å². The number of carbonyl (C=O) groups is 1. The average Bonchev–Trinajstić information content (AvgIpc) is 3.02. The molecular weight excluding hydrogens is 775 g/mol. The molecule has 1 aromatic heterocycles. The number of nitrogens with zero attached hydrogens (tertiary/aromatic N) is 3. The van der Waals surface area contributed by atoms with E-state index in [1.807, 2.05) is 60.6 Å². The number of hydrogen-bond donors (Lipinski definition) is 1. The van der Waals surface area contributed by atoms with Crippen molar-refractivity contribution in [3.05, 3.63) is 82.8 Å². The van der Waals surface area contributed by atoms with Crippen molar-refractivity contribution in [3.8, 4) is 17.3 Å². The Morgan fingerprint density at radius 3 is 1.98 bits per heavy atom. The Morgan fingerprint density at radius 2 is 1.46 bits per heavy atom. The van der Waals surface area contributed by atoms with Crippen molar-refractivity contribution in [1.82, 2.24) is 10.2 Å². The minimum absolute atomic E-state index is 0. The molecule has 1 heterocycles. The minimum Gasteiger partial charge on any atom is -0.512 e. The second-order valence-electron chi connectivity index (χ2n) is 11.9. The van der Waals surface area contributed by atoms with Crippen LogP contribution in [-0.4, -0.2) is 21.1 Å². The molecule has 0 atom stereocenters. The number of aliphatic hydroxyl groups excluding tert-OH is 1. The Morgan fingerprint density at radius 1 is 0.913 bits per heavy atom. The molecule has 5 nitrogen and oxygen atoms in total. The first-order chi connectivity index (χ1) is 21.2. The van der Waals surface area contributed by atoms with E-state index in [1.165, 1.54) is 6.08 Å². The van der Waals surface area contributed by atoms with E-state index >= 15 is 0 Å². The first-order valence-electron chi connectivity index (χ1n) is 15.1. The molecule has 1 radical (unpaired) electrons. The van der Waals surface area contributed by atoms with Gasteiger partial charge in [-0.25, -0.2) is 17.6 Å². The Labute approximate surface area is 281 Å². The van der Waals surface area contributed by atoms with Gasteiger partial charge >= 0.3 is 0 Å². The van der Waals surface area contributed by atoms with Gasteiger partial charge in [0.1, 0.15) is 6.07 Å². The normalized spacial score (nSPS) is 11.8. The number of ketones is 1. The second-order valence-corrected chi connectivity index (χ2v) is 11.9. The molecule has 4 rings (SSSR count). The quantitative estimate of drug-likeness (QED) is 0.0478. The van der Waals surface area contributed by atoms with Crippen LogP contribution in [0.5, 0.6) is 0 Å². The summed E-state index contributed by atoms with van der Waals surface area (Å²) in [7, 11) is 0. The number of aliphatic hydroxyl groups is 1. The standard InChI is InChI=1S/C23H14F4N3.C13H24O2.Ir/c1-23(2,3)14-9-12(8-11-6-4-5-7-13(11)14)22-17-16(15(10-28)29-30-22)18(24)20(26)21(27)19(17)25;1-5-10(6-2)12(14)9-13(15)11(7-3)8-4;/h4-7,9H,1-3H3;9-11,14H,5-8H2,1-4H3;/q-1;;/b;12-9-;. The van der Waals surface area contributed by atoms with Gasteiger partial charge in [0.2, 0.25) is 0 Å². The molecule has 0 aliphatic carbocycles. The van der Waals surface area contributed by atoms with Crippen LogP contribution in [0, 0.1) is 52.5 Å². The molecule has 0 aliphatic heterocycles. The number of rotatable bonds is 8. The molecule has 0 bridgehead atoms. The predicted molar refractivity (Wildman–Crippen MR) is 168 cm³/mol. The number of aromatic nitrogens is 2. The molecule has 0 aliphatic rings. The van der Waals surface area contributed by atoms with Crippen molar-refractivity contribution in [2.75, 3.05) is 0 Å². The summed E-state index contributed by atoms with van der Waals surface area (Å²) in [5, 5.41) is 26.6. The third-order valence-electron chi connectivity index (χ3n) is 8.02. The maximum absolute atomic E-state index is 14.8. The maximum atomic E-state index is 14.8. The summed E-state index contributed by atoms with van der Waals surface area (Å²) in [5.74, 6) is -6.76. The Balaban J connectivity index is 0.000000394. The number of hydrogen-bond acceptors (Lipinski definition) is 5. The summed E-state index contributed by atoms with van der Waals surface area (Å²) in [4.78, 5) is 11.7. The van der Waals surface area contributed by atoms with E-state index in [0.29, 0.717) is 5.39 Å². The average molecular weight is 813 g/mol. The van der Waals surface area contributed by atoms with Gasteiger partial charge in [0, 0.05) is 49.1 Å². The Hall–Kier alpha value is -3.67. The van der Waals surface area contributed by atoms with Crippen LogP contribution in [-0.2, 0) is 30.3 Å². The van der Waals surface area contributed by atoms with Gasteiger partial charge in [-0.3, -0.25) is 4.79 Å². The van der Waals surface area contributed by atoms with Gasteiger partial charge < -0.3 is 5.11 Å². The van der Waals surface area contributed by atoms with Crippen molar-refractivity contribution in [2.45, 2.75) is 79.6 Å². The number of allylic oxidation sites excluding steroid dienone is 2. The number of nitriles is 1. The molecule has 0 spiro atoms. The smallest absolute Gasteiger partial charge is 0.198 e. The number of halogens is 4. The van der Waals surface area contributed by atoms with Crippen LogP contribution in [0.2, 0.25) is 0 Å². The molecule has 1 N–H and O–H groups in total. The van der Waals surface area contributed by atoms with E-state index in [0.717, 1.165) is 36.6 Å². The first kappa shape index (κ1) is 38.5. The number of carbonyl (C=O) groups excluding carboxylic acids is 1.